The van der Waals surface area contributed by atoms with E-state index in [2.05, 4.69) is 10.2 Å². The van der Waals surface area contributed by atoms with Gasteiger partial charge in [-0.05, 0) is 12.0 Å². The predicted octanol–water partition coefficient (Wildman–Crippen LogP) is 1.52. The summed E-state index contributed by atoms with van der Waals surface area (Å²) in [6.45, 7) is 0. The molecule has 0 fully saturated rings. The molecule has 0 atom stereocenters. The van der Waals surface area contributed by atoms with E-state index < -0.39 is 11.8 Å². The Bertz CT molecular complexity index is 581. The third-order valence-corrected chi connectivity index (χ3v) is 3.51. The molecular weight excluding hydrogens is 264 g/mol. The van der Waals surface area contributed by atoms with Gasteiger partial charge in [-0.1, -0.05) is 30.3 Å². The minimum atomic E-state index is -1.43. The molecule has 0 radical (unpaired) electrons. The standard InChI is InChI=1S/C13H12N2O3S/c16-10(13(17)18)8-12-15-14-11(19-12)7-6-9-4-2-1-3-5-9/h1-5H,6-8H2,(H,17,18). The molecular formula is C13H12N2O3S. The largest absolute Gasteiger partial charge is 0.475 e. The number of Topliss-reactive ketones (excluding diaryl/α,β-unsaturated/α-hetero) is 1. The molecule has 1 aromatic heterocycles. The highest BCUT2D eigenvalue weighted by atomic mass is 32.1. The summed E-state index contributed by atoms with van der Waals surface area (Å²) in [4.78, 5) is 21.5. The number of benzene rings is 1. The van der Waals surface area contributed by atoms with Gasteiger partial charge >= 0.3 is 5.97 Å². The monoisotopic (exact) mass is 276 g/mol. The van der Waals surface area contributed by atoms with Crippen LogP contribution in [-0.4, -0.2) is 27.1 Å². The highest BCUT2D eigenvalue weighted by Gasteiger charge is 2.15. The van der Waals surface area contributed by atoms with Gasteiger partial charge in [0.15, 0.2) is 0 Å². The van der Waals surface area contributed by atoms with Crippen LogP contribution in [-0.2, 0) is 28.9 Å². The van der Waals surface area contributed by atoms with Gasteiger partial charge in [-0.3, -0.25) is 4.79 Å². The van der Waals surface area contributed by atoms with E-state index in [9.17, 15) is 9.59 Å². The summed E-state index contributed by atoms with van der Waals surface area (Å²) in [6.07, 6.45) is 1.41. The molecule has 6 heteroatoms. The van der Waals surface area contributed by atoms with Gasteiger partial charge in [-0.25, -0.2) is 4.79 Å². The molecule has 0 saturated heterocycles. The van der Waals surface area contributed by atoms with E-state index in [0.29, 0.717) is 5.01 Å². The van der Waals surface area contributed by atoms with E-state index >= 15 is 0 Å². The maximum absolute atomic E-state index is 11.0. The molecule has 0 spiro atoms. The number of carboxylic acids is 1. The van der Waals surface area contributed by atoms with Crippen LogP contribution in [0.2, 0.25) is 0 Å². The molecule has 1 heterocycles. The van der Waals surface area contributed by atoms with Crippen molar-refractivity contribution in [3.05, 3.63) is 45.9 Å². The summed E-state index contributed by atoms with van der Waals surface area (Å²) in [5.74, 6) is -2.29. The number of aliphatic carboxylic acids is 1. The Labute approximate surface area is 113 Å². The zero-order valence-electron chi connectivity index (χ0n) is 10.1. The van der Waals surface area contributed by atoms with Crippen LogP contribution < -0.4 is 0 Å². The molecule has 1 aromatic carbocycles. The van der Waals surface area contributed by atoms with Gasteiger partial charge in [0, 0.05) is 6.42 Å². The highest BCUT2D eigenvalue weighted by Crippen LogP contribution is 2.13. The second kappa shape index (κ2) is 6.19. The van der Waals surface area contributed by atoms with Crippen molar-refractivity contribution < 1.29 is 14.7 Å². The molecule has 98 valence electrons. The number of hydrogen-bond acceptors (Lipinski definition) is 5. The lowest BCUT2D eigenvalue weighted by atomic mass is 10.1. The number of aryl methyl sites for hydroxylation is 2. The van der Waals surface area contributed by atoms with E-state index in [1.54, 1.807) is 0 Å². The van der Waals surface area contributed by atoms with Crippen LogP contribution >= 0.6 is 11.3 Å². The summed E-state index contributed by atoms with van der Waals surface area (Å²) in [5.41, 5.74) is 1.21. The van der Waals surface area contributed by atoms with Crippen LogP contribution in [0.1, 0.15) is 15.6 Å². The van der Waals surface area contributed by atoms with Crippen LogP contribution in [0.4, 0.5) is 0 Å². The number of carbonyl (C=O) groups excluding carboxylic acids is 1. The maximum atomic E-state index is 11.0. The van der Waals surface area contributed by atoms with Crippen LogP contribution in [0.15, 0.2) is 30.3 Å². The van der Waals surface area contributed by atoms with Gasteiger partial charge < -0.3 is 5.11 Å². The van der Waals surface area contributed by atoms with Crippen LogP contribution in [0.25, 0.3) is 0 Å². The molecule has 0 saturated carbocycles. The fourth-order valence-corrected chi connectivity index (χ4v) is 2.41. The van der Waals surface area contributed by atoms with Crippen LogP contribution in [0.3, 0.4) is 0 Å². The quantitative estimate of drug-likeness (QED) is 0.809. The van der Waals surface area contributed by atoms with Crippen molar-refractivity contribution in [1.82, 2.24) is 10.2 Å². The molecule has 1 N–H and O–H groups in total. The van der Waals surface area contributed by atoms with E-state index in [0.717, 1.165) is 17.8 Å². The second-order valence-electron chi connectivity index (χ2n) is 3.98. The summed E-state index contributed by atoms with van der Waals surface area (Å²) >= 11 is 1.29. The SMILES string of the molecule is O=C(O)C(=O)Cc1nnc(CCc2ccccc2)s1. The second-order valence-corrected chi connectivity index (χ2v) is 5.13. The van der Waals surface area contributed by atoms with E-state index in [-0.39, 0.29) is 6.42 Å². The zero-order valence-corrected chi connectivity index (χ0v) is 10.9. The van der Waals surface area contributed by atoms with Gasteiger partial charge in [0.2, 0.25) is 5.78 Å². The Balaban J connectivity index is 1.91. The number of nitrogens with zero attached hydrogens (tertiary/aromatic N) is 2. The first kappa shape index (κ1) is 13.4. The number of carboxylic acid groups (broad SMARTS) is 1. The minimum Gasteiger partial charge on any atom is -0.475 e. The fraction of sp³-hybridized carbons (Fsp3) is 0.231. The molecule has 0 aliphatic rings. The molecule has 5 nitrogen and oxygen atoms in total. The lowest BCUT2D eigenvalue weighted by Crippen LogP contribution is -2.14. The lowest BCUT2D eigenvalue weighted by Gasteiger charge is -1.96. The van der Waals surface area contributed by atoms with Crippen molar-refractivity contribution in [2.24, 2.45) is 0 Å². The van der Waals surface area contributed by atoms with Crippen molar-refractivity contribution in [3.63, 3.8) is 0 Å². The highest BCUT2D eigenvalue weighted by molar-refractivity contribution is 7.11. The minimum absolute atomic E-state index is 0.182. The predicted molar refractivity (Wildman–Crippen MR) is 70.1 cm³/mol. The Morgan fingerprint density at radius 2 is 1.74 bits per heavy atom. The molecule has 0 aliphatic carbocycles. The molecule has 2 aromatic rings. The number of ketones is 1. The fourth-order valence-electron chi connectivity index (χ4n) is 1.57. The van der Waals surface area contributed by atoms with Crippen molar-refractivity contribution in [2.45, 2.75) is 19.3 Å². The van der Waals surface area contributed by atoms with Gasteiger partial charge in [0.1, 0.15) is 10.0 Å². The van der Waals surface area contributed by atoms with Crippen LogP contribution in [0, 0.1) is 0 Å². The average molecular weight is 276 g/mol. The first-order valence-corrected chi connectivity index (χ1v) is 6.58. The van der Waals surface area contributed by atoms with E-state index in [1.807, 2.05) is 30.3 Å². The Kier molecular flexibility index (Phi) is 4.35. The Hall–Kier alpha value is -2.08. The summed E-state index contributed by atoms with van der Waals surface area (Å²) in [7, 11) is 0. The summed E-state index contributed by atoms with van der Waals surface area (Å²) < 4.78 is 0. The van der Waals surface area contributed by atoms with Gasteiger partial charge in [0.05, 0.1) is 6.42 Å². The first-order valence-electron chi connectivity index (χ1n) is 5.76. The summed E-state index contributed by atoms with van der Waals surface area (Å²) in [6, 6.07) is 9.99. The smallest absolute Gasteiger partial charge is 0.372 e. The lowest BCUT2D eigenvalue weighted by molar-refractivity contribution is -0.148. The van der Waals surface area contributed by atoms with Crippen molar-refractivity contribution >= 4 is 23.1 Å². The normalized spacial score (nSPS) is 10.3. The summed E-state index contributed by atoms with van der Waals surface area (Å²) in [5, 5.41) is 17.6. The molecule has 2 rings (SSSR count). The first-order chi connectivity index (χ1) is 9.15. The molecule has 0 amide bonds. The zero-order chi connectivity index (χ0) is 13.7. The van der Waals surface area contributed by atoms with Crippen molar-refractivity contribution in [1.29, 1.82) is 0 Å². The number of hydrogen-bond donors (Lipinski definition) is 1. The van der Waals surface area contributed by atoms with Crippen molar-refractivity contribution in [3.8, 4) is 0 Å². The average Bonchev–Trinajstić information content (AvgIpc) is 2.85. The van der Waals surface area contributed by atoms with Gasteiger partial charge in [0.25, 0.3) is 0 Å². The van der Waals surface area contributed by atoms with E-state index in [4.69, 9.17) is 5.11 Å². The van der Waals surface area contributed by atoms with E-state index in [1.165, 1.54) is 16.9 Å². The molecule has 19 heavy (non-hydrogen) atoms. The third-order valence-electron chi connectivity index (χ3n) is 2.53. The topological polar surface area (TPSA) is 80.1 Å². The number of rotatable bonds is 6. The Morgan fingerprint density at radius 1 is 1.05 bits per heavy atom. The Morgan fingerprint density at radius 3 is 2.42 bits per heavy atom. The van der Waals surface area contributed by atoms with Crippen LogP contribution in [0.5, 0.6) is 0 Å². The maximum Gasteiger partial charge on any atom is 0.372 e. The van der Waals surface area contributed by atoms with Gasteiger partial charge in [-0.2, -0.15) is 0 Å². The molecule has 0 bridgehead atoms. The number of aromatic nitrogens is 2. The molecule has 0 unspecified atom stereocenters. The molecule has 0 aliphatic heterocycles. The third kappa shape index (κ3) is 3.96. The van der Waals surface area contributed by atoms with Crippen molar-refractivity contribution in [2.75, 3.05) is 0 Å². The van der Waals surface area contributed by atoms with Gasteiger partial charge in [-0.15, -0.1) is 21.5 Å². The number of carbonyl (C=O) groups is 2.